The lowest BCUT2D eigenvalue weighted by atomic mass is 10.1. The number of likely N-dealkylation sites (tertiary alicyclic amines) is 1. The van der Waals surface area contributed by atoms with E-state index in [1.54, 1.807) is 29.2 Å². The van der Waals surface area contributed by atoms with Gasteiger partial charge in [-0.3, -0.25) is 9.59 Å². The van der Waals surface area contributed by atoms with Crippen molar-refractivity contribution in [3.63, 3.8) is 0 Å². The third-order valence-electron chi connectivity index (χ3n) is 4.64. The molecule has 1 atom stereocenters. The first-order valence-corrected chi connectivity index (χ1v) is 8.78. The van der Waals surface area contributed by atoms with Gasteiger partial charge in [0.1, 0.15) is 18.1 Å². The third-order valence-corrected chi connectivity index (χ3v) is 4.64. The van der Waals surface area contributed by atoms with E-state index in [0.29, 0.717) is 26.2 Å². The van der Waals surface area contributed by atoms with E-state index in [9.17, 15) is 9.59 Å². The van der Waals surface area contributed by atoms with Gasteiger partial charge in [-0.05, 0) is 30.7 Å². The number of aryl methyl sites for hydroxylation is 1. The fourth-order valence-corrected chi connectivity index (χ4v) is 3.11. The van der Waals surface area contributed by atoms with Crippen molar-refractivity contribution < 1.29 is 18.7 Å². The lowest BCUT2D eigenvalue weighted by Gasteiger charge is -2.21. The number of nitrogens with zero attached hydrogens (tertiary/aromatic N) is 2. The Labute approximate surface area is 153 Å². The highest BCUT2D eigenvalue weighted by Crippen LogP contribution is 2.22. The molecule has 26 heavy (non-hydrogen) atoms. The Kier molecular flexibility index (Phi) is 5.61. The molecule has 2 aromatic rings. The standard InChI is InChI=1S/C20H24N2O4/c1-15-6-3-4-8-18(15)26-11-9-21(2)20(24)16-12-19(23)22(13-16)14-17-7-5-10-25-17/h3-8,10,16H,9,11-14H2,1-2H3/t16-/m1/s1. The van der Waals surface area contributed by atoms with Crippen LogP contribution in [0.3, 0.4) is 0 Å². The maximum Gasteiger partial charge on any atom is 0.227 e. The minimum absolute atomic E-state index is 0.00990. The first-order valence-electron chi connectivity index (χ1n) is 8.78. The topological polar surface area (TPSA) is 63.0 Å². The van der Waals surface area contributed by atoms with Crippen LogP contribution < -0.4 is 4.74 Å². The van der Waals surface area contributed by atoms with Crippen LogP contribution in [-0.2, 0) is 16.1 Å². The van der Waals surface area contributed by atoms with Crippen LogP contribution in [-0.4, -0.2) is 48.4 Å². The Balaban J connectivity index is 1.47. The molecule has 1 aromatic heterocycles. The van der Waals surface area contributed by atoms with Crippen LogP contribution in [0.4, 0.5) is 0 Å². The van der Waals surface area contributed by atoms with E-state index >= 15 is 0 Å². The molecule has 0 aliphatic carbocycles. The summed E-state index contributed by atoms with van der Waals surface area (Å²) in [4.78, 5) is 28.1. The van der Waals surface area contributed by atoms with Gasteiger partial charge in [-0.1, -0.05) is 18.2 Å². The van der Waals surface area contributed by atoms with Gasteiger partial charge in [0.15, 0.2) is 0 Å². The average Bonchev–Trinajstić information content (AvgIpc) is 3.26. The molecule has 0 spiro atoms. The minimum Gasteiger partial charge on any atom is -0.491 e. The molecule has 0 unspecified atom stereocenters. The molecule has 1 aliphatic rings. The smallest absolute Gasteiger partial charge is 0.227 e. The molecule has 0 N–H and O–H groups in total. The van der Waals surface area contributed by atoms with Crippen LogP contribution in [0, 0.1) is 12.8 Å². The van der Waals surface area contributed by atoms with E-state index in [0.717, 1.165) is 17.1 Å². The van der Waals surface area contributed by atoms with Crippen molar-refractivity contribution in [1.29, 1.82) is 0 Å². The number of carbonyl (C=O) groups is 2. The van der Waals surface area contributed by atoms with Crippen LogP contribution in [0.15, 0.2) is 47.1 Å². The summed E-state index contributed by atoms with van der Waals surface area (Å²) in [5.74, 6) is 1.22. The normalized spacial score (nSPS) is 16.8. The summed E-state index contributed by atoms with van der Waals surface area (Å²) in [5.41, 5.74) is 1.07. The van der Waals surface area contributed by atoms with Crippen molar-refractivity contribution in [1.82, 2.24) is 9.80 Å². The van der Waals surface area contributed by atoms with Crippen molar-refractivity contribution in [3.8, 4) is 5.75 Å². The van der Waals surface area contributed by atoms with E-state index in [1.165, 1.54) is 0 Å². The number of rotatable bonds is 7. The van der Waals surface area contributed by atoms with E-state index in [-0.39, 0.29) is 24.2 Å². The quantitative estimate of drug-likeness (QED) is 0.765. The number of amides is 2. The summed E-state index contributed by atoms with van der Waals surface area (Å²) < 4.78 is 11.0. The summed E-state index contributed by atoms with van der Waals surface area (Å²) in [7, 11) is 1.75. The Hall–Kier alpha value is -2.76. The Bertz CT molecular complexity index is 757. The zero-order valence-corrected chi connectivity index (χ0v) is 15.2. The van der Waals surface area contributed by atoms with Crippen LogP contribution >= 0.6 is 0 Å². The Morgan fingerprint density at radius 2 is 2.12 bits per heavy atom. The predicted octanol–water partition coefficient (Wildman–Crippen LogP) is 2.47. The molecule has 0 radical (unpaired) electrons. The second-order valence-electron chi connectivity index (χ2n) is 6.63. The van der Waals surface area contributed by atoms with Crippen LogP contribution in [0.1, 0.15) is 17.7 Å². The highest BCUT2D eigenvalue weighted by Gasteiger charge is 2.35. The summed E-state index contributed by atoms with van der Waals surface area (Å²) in [6, 6.07) is 11.4. The molecule has 2 amide bonds. The second kappa shape index (κ2) is 8.08. The fourth-order valence-electron chi connectivity index (χ4n) is 3.11. The highest BCUT2D eigenvalue weighted by molar-refractivity contribution is 5.89. The predicted molar refractivity (Wildman–Crippen MR) is 96.5 cm³/mol. The molecular weight excluding hydrogens is 332 g/mol. The molecule has 3 rings (SSSR count). The number of likely N-dealkylation sites (N-methyl/N-ethyl adjacent to an activating group) is 1. The molecule has 138 valence electrons. The summed E-state index contributed by atoms with van der Waals surface area (Å²) >= 11 is 0. The number of hydrogen-bond donors (Lipinski definition) is 0. The third kappa shape index (κ3) is 4.25. The lowest BCUT2D eigenvalue weighted by molar-refractivity contribution is -0.134. The maximum atomic E-state index is 12.6. The fraction of sp³-hybridized carbons (Fsp3) is 0.400. The average molecular weight is 356 g/mol. The molecule has 1 aromatic carbocycles. The number of furan rings is 1. The number of ether oxygens (including phenoxy) is 1. The van der Waals surface area contributed by atoms with E-state index in [1.807, 2.05) is 37.3 Å². The van der Waals surface area contributed by atoms with Gasteiger partial charge in [0.25, 0.3) is 0 Å². The Morgan fingerprint density at radius 3 is 2.85 bits per heavy atom. The zero-order valence-electron chi connectivity index (χ0n) is 15.2. The molecule has 2 heterocycles. The van der Waals surface area contributed by atoms with Gasteiger partial charge >= 0.3 is 0 Å². The van der Waals surface area contributed by atoms with E-state index in [4.69, 9.17) is 9.15 Å². The van der Waals surface area contributed by atoms with Gasteiger partial charge in [-0.25, -0.2) is 0 Å². The molecule has 6 nitrogen and oxygen atoms in total. The molecule has 0 saturated carbocycles. The van der Waals surface area contributed by atoms with E-state index in [2.05, 4.69) is 0 Å². The summed E-state index contributed by atoms with van der Waals surface area (Å²) in [6.45, 7) is 3.74. The van der Waals surface area contributed by atoms with Crippen LogP contribution in [0.5, 0.6) is 5.75 Å². The minimum atomic E-state index is -0.305. The zero-order chi connectivity index (χ0) is 18.5. The molecule has 1 aliphatic heterocycles. The van der Waals surface area contributed by atoms with Crippen molar-refractivity contribution in [2.75, 3.05) is 26.7 Å². The summed E-state index contributed by atoms with van der Waals surface area (Å²) in [6.07, 6.45) is 1.84. The van der Waals surface area contributed by atoms with Gasteiger partial charge < -0.3 is 19.0 Å². The first-order chi connectivity index (χ1) is 12.5. The number of para-hydroxylation sites is 1. The molecule has 0 bridgehead atoms. The first kappa shape index (κ1) is 18.0. The van der Waals surface area contributed by atoms with Crippen molar-refractivity contribution in [2.45, 2.75) is 19.9 Å². The number of carbonyl (C=O) groups excluding carboxylic acids is 2. The molecule has 1 fully saturated rings. The lowest BCUT2D eigenvalue weighted by Crippen LogP contribution is -2.37. The highest BCUT2D eigenvalue weighted by atomic mass is 16.5. The van der Waals surface area contributed by atoms with Gasteiger partial charge in [0.05, 0.1) is 25.3 Å². The largest absolute Gasteiger partial charge is 0.491 e. The van der Waals surface area contributed by atoms with Gasteiger partial charge in [-0.15, -0.1) is 0 Å². The van der Waals surface area contributed by atoms with Crippen LogP contribution in [0.2, 0.25) is 0 Å². The number of benzene rings is 1. The monoisotopic (exact) mass is 356 g/mol. The SMILES string of the molecule is Cc1ccccc1OCCN(C)C(=O)[C@@H]1CC(=O)N(Cc2ccco2)C1. The Morgan fingerprint density at radius 1 is 1.31 bits per heavy atom. The van der Waals surface area contributed by atoms with E-state index < -0.39 is 0 Å². The maximum absolute atomic E-state index is 12.6. The second-order valence-corrected chi connectivity index (χ2v) is 6.63. The molecule has 6 heteroatoms. The molecule has 1 saturated heterocycles. The van der Waals surface area contributed by atoms with Gasteiger partial charge in [0.2, 0.25) is 11.8 Å². The van der Waals surface area contributed by atoms with Crippen molar-refractivity contribution >= 4 is 11.8 Å². The van der Waals surface area contributed by atoms with Crippen LogP contribution in [0.25, 0.3) is 0 Å². The van der Waals surface area contributed by atoms with Crippen molar-refractivity contribution in [2.24, 2.45) is 5.92 Å². The number of hydrogen-bond acceptors (Lipinski definition) is 4. The summed E-state index contributed by atoms with van der Waals surface area (Å²) in [5, 5.41) is 0. The molecular formula is C20H24N2O4. The van der Waals surface area contributed by atoms with Gasteiger partial charge in [0, 0.05) is 20.0 Å². The van der Waals surface area contributed by atoms with Gasteiger partial charge in [-0.2, -0.15) is 0 Å². The van der Waals surface area contributed by atoms with Crippen molar-refractivity contribution in [3.05, 3.63) is 54.0 Å².